The molecule has 2 aromatic carbocycles. The van der Waals surface area contributed by atoms with Crippen LogP contribution in [-0.4, -0.2) is 0 Å². The summed E-state index contributed by atoms with van der Waals surface area (Å²) in [5, 5.41) is 0. The fraction of sp³-hybridized carbons (Fsp3) is 0.462. The van der Waals surface area contributed by atoms with Crippen LogP contribution in [0.3, 0.4) is 0 Å². The zero-order chi connectivity index (χ0) is 20.4. The fourth-order valence-corrected chi connectivity index (χ4v) is 5.14. The summed E-state index contributed by atoms with van der Waals surface area (Å²) in [4.78, 5) is 0. The van der Waals surface area contributed by atoms with Crippen LogP contribution in [0.2, 0.25) is 0 Å². The van der Waals surface area contributed by atoms with Gasteiger partial charge in [-0.2, -0.15) is 0 Å². The van der Waals surface area contributed by atoms with Crippen molar-refractivity contribution in [3.8, 4) is 11.8 Å². The van der Waals surface area contributed by atoms with Gasteiger partial charge in [0, 0.05) is 0 Å². The molecule has 0 bridgehead atoms. The lowest BCUT2D eigenvalue weighted by molar-refractivity contribution is 0.186. The molecule has 152 valence electrons. The van der Waals surface area contributed by atoms with Crippen LogP contribution >= 0.6 is 0 Å². The molecule has 0 heterocycles. The van der Waals surface area contributed by atoms with Gasteiger partial charge in [-0.15, -0.1) is 0 Å². The Labute approximate surface area is 171 Å². The Bertz CT molecular complexity index is 942. The van der Waals surface area contributed by atoms with E-state index < -0.39 is 11.6 Å². The number of hydrogen-bond acceptors (Lipinski definition) is 0. The Morgan fingerprint density at radius 1 is 0.828 bits per heavy atom. The summed E-state index contributed by atoms with van der Waals surface area (Å²) in [6.45, 7) is 2.29. The van der Waals surface area contributed by atoms with E-state index in [-0.39, 0.29) is 16.9 Å². The van der Waals surface area contributed by atoms with Crippen LogP contribution in [0.1, 0.15) is 67.7 Å². The zero-order valence-electron chi connectivity index (χ0n) is 16.9. The van der Waals surface area contributed by atoms with E-state index in [1.807, 2.05) is 6.07 Å². The molecule has 0 aromatic heterocycles. The van der Waals surface area contributed by atoms with Gasteiger partial charge in [0.2, 0.25) is 0 Å². The maximum atomic E-state index is 15.0. The Balaban J connectivity index is 1.51. The normalized spacial score (nSPS) is 23.8. The van der Waals surface area contributed by atoms with Crippen molar-refractivity contribution in [1.29, 1.82) is 0 Å². The molecule has 0 amide bonds. The number of benzene rings is 2. The van der Waals surface area contributed by atoms with Gasteiger partial charge in [-0.3, -0.25) is 0 Å². The first-order valence-electron chi connectivity index (χ1n) is 10.8. The number of hydrogen-bond donors (Lipinski definition) is 0. The Morgan fingerprint density at radius 2 is 1.55 bits per heavy atom. The van der Waals surface area contributed by atoms with Crippen molar-refractivity contribution in [3.05, 3.63) is 70.0 Å². The van der Waals surface area contributed by atoms with Crippen molar-refractivity contribution in [1.82, 2.24) is 0 Å². The summed E-state index contributed by atoms with van der Waals surface area (Å²) in [5.74, 6) is 5.37. The summed E-state index contributed by atoms with van der Waals surface area (Å²) in [6, 6.07) is 7.52. The van der Waals surface area contributed by atoms with Crippen LogP contribution in [0.5, 0.6) is 0 Å². The molecule has 0 N–H and O–H groups in total. The molecule has 0 spiro atoms. The highest BCUT2D eigenvalue weighted by atomic mass is 19.2. The van der Waals surface area contributed by atoms with Crippen LogP contribution in [0, 0.1) is 47.0 Å². The van der Waals surface area contributed by atoms with Crippen molar-refractivity contribution >= 4 is 0 Å². The average Bonchev–Trinajstić information content (AvgIpc) is 2.76. The van der Waals surface area contributed by atoms with Crippen LogP contribution in [-0.2, 0) is 12.8 Å². The Morgan fingerprint density at radius 3 is 2.28 bits per heavy atom. The van der Waals surface area contributed by atoms with Crippen molar-refractivity contribution in [2.24, 2.45) is 17.8 Å². The van der Waals surface area contributed by atoms with Crippen molar-refractivity contribution in [3.63, 3.8) is 0 Å². The van der Waals surface area contributed by atoms with E-state index >= 15 is 4.39 Å². The molecule has 2 aliphatic rings. The van der Waals surface area contributed by atoms with E-state index in [1.54, 1.807) is 6.07 Å². The predicted molar refractivity (Wildman–Crippen MR) is 110 cm³/mol. The van der Waals surface area contributed by atoms with Gasteiger partial charge in [0.1, 0.15) is 5.82 Å². The van der Waals surface area contributed by atoms with E-state index in [0.717, 1.165) is 48.3 Å². The lowest BCUT2D eigenvalue weighted by atomic mass is 9.69. The molecule has 29 heavy (non-hydrogen) atoms. The second-order valence-electron chi connectivity index (χ2n) is 8.61. The third-order valence-corrected chi connectivity index (χ3v) is 7.01. The minimum absolute atomic E-state index is 0.0510. The molecule has 1 fully saturated rings. The smallest absolute Gasteiger partial charge is 0.174 e. The molecule has 0 nitrogen and oxygen atoms in total. The molecule has 0 radical (unpaired) electrons. The van der Waals surface area contributed by atoms with Gasteiger partial charge in [-0.25, -0.2) is 13.2 Å². The highest BCUT2D eigenvalue weighted by Crippen LogP contribution is 2.40. The predicted octanol–water partition coefficient (Wildman–Crippen LogP) is 6.83. The molecule has 3 heteroatoms. The minimum Gasteiger partial charge on any atom is -0.205 e. The maximum Gasteiger partial charge on any atom is 0.174 e. The Hall–Kier alpha value is -2.21. The first kappa shape index (κ1) is 20.1. The van der Waals surface area contributed by atoms with E-state index in [9.17, 15) is 8.78 Å². The van der Waals surface area contributed by atoms with Crippen molar-refractivity contribution in [2.45, 2.75) is 58.3 Å². The number of rotatable bonds is 2. The molecule has 1 atom stereocenters. The van der Waals surface area contributed by atoms with Gasteiger partial charge in [-0.05, 0) is 79.2 Å². The topological polar surface area (TPSA) is 0 Å². The van der Waals surface area contributed by atoms with Crippen LogP contribution in [0.15, 0.2) is 30.3 Å². The summed E-state index contributed by atoms with van der Waals surface area (Å²) in [5.41, 5.74) is 2.06. The Kier molecular flexibility index (Phi) is 5.99. The molecular formula is C26H27F3. The van der Waals surface area contributed by atoms with Crippen LogP contribution in [0.4, 0.5) is 13.2 Å². The molecule has 0 aliphatic heterocycles. The van der Waals surface area contributed by atoms with Gasteiger partial charge in [0.15, 0.2) is 11.6 Å². The maximum absolute atomic E-state index is 15.0. The minimum atomic E-state index is -0.987. The van der Waals surface area contributed by atoms with E-state index in [2.05, 4.69) is 18.8 Å². The van der Waals surface area contributed by atoms with E-state index in [4.69, 9.17) is 0 Å². The largest absolute Gasteiger partial charge is 0.205 e. The van der Waals surface area contributed by atoms with Gasteiger partial charge in [0.05, 0.1) is 11.1 Å². The fourth-order valence-electron chi connectivity index (χ4n) is 5.14. The quantitative estimate of drug-likeness (QED) is 0.488. The van der Waals surface area contributed by atoms with Crippen LogP contribution in [0.25, 0.3) is 0 Å². The second-order valence-corrected chi connectivity index (χ2v) is 8.61. The molecule has 0 saturated heterocycles. The summed E-state index contributed by atoms with van der Waals surface area (Å²) < 4.78 is 42.1. The van der Waals surface area contributed by atoms with E-state index in [0.29, 0.717) is 5.92 Å². The van der Waals surface area contributed by atoms with Gasteiger partial charge >= 0.3 is 0 Å². The number of fused-ring (bicyclic) bond motifs is 1. The first-order chi connectivity index (χ1) is 14.1. The summed E-state index contributed by atoms with van der Waals surface area (Å²) in [7, 11) is 0. The van der Waals surface area contributed by atoms with Gasteiger partial charge < -0.3 is 0 Å². The molecule has 4 rings (SSSR count). The lowest BCUT2D eigenvalue weighted by Crippen LogP contribution is -2.27. The summed E-state index contributed by atoms with van der Waals surface area (Å²) >= 11 is 0. The van der Waals surface area contributed by atoms with E-state index in [1.165, 1.54) is 44.2 Å². The molecule has 1 unspecified atom stereocenters. The molecule has 2 aliphatic carbocycles. The number of halogens is 3. The van der Waals surface area contributed by atoms with Gasteiger partial charge in [0.25, 0.3) is 0 Å². The third kappa shape index (κ3) is 4.22. The van der Waals surface area contributed by atoms with Crippen LogP contribution < -0.4 is 0 Å². The van der Waals surface area contributed by atoms with Gasteiger partial charge in [-0.1, -0.05) is 50.2 Å². The standard InChI is InChI=1S/C26H27F3/c1-2-17-6-8-18(9-7-17)21-14-15-23-22(16-21)13-12-20(25(23)28)11-10-19-4-3-5-24(27)26(19)29/h3-5,12-13,17-18,21H,2,6-9,14-16H2,1H3. The zero-order valence-corrected chi connectivity index (χ0v) is 16.9. The highest BCUT2D eigenvalue weighted by Gasteiger charge is 2.31. The lowest BCUT2D eigenvalue weighted by Gasteiger charge is -2.36. The summed E-state index contributed by atoms with van der Waals surface area (Å²) in [6.07, 6.45) is 9.29. The third-order valence-electron chi connectivity index (χ3n) is 7.01. The molecular weight excluding hydrogens is 369 g/mol. The molecule has 1 saturated carbocycles. The first-order valence-corrected chi connectivity index (χ1v) is 10.8. The monoisotopic (exact) mass is 396 g/mol. The van der Waals surface area contributed by atoms with Crippen molar-refractivity contribution in [2.75, 3.05) is 0 Å². The SMILES string of the molecule is CCC1CCC(C2CCc3c(ccc(C#Cc4cccc(F)c4F)c3F)C2)CC1. The highest BCUT2D eigenvalue weighted by molar-refractivity contribution is 5.48. The molecule has 2 aromatic rings. The van der Waals surface area contributed by atoms with Crippen molar-refractivity contribution < 1.29 is 13.2 Å². The second kappa shape index (κ2) is 8.66. The average molecular weight is 396 g/mol.